The van der Waals surface area contributed by atoms with Crippen LogP contribution in [0.3, 0.4) is 0 Å². The summed E-state index contributed by atoms with van der Waals surface area (Å²) >= 11 is 0. The van der Waals surface area contributed by atoms with Gasteiger partial charge in [-0.3, -0.25) is 4.90 Å². The number of carbonyl (C=O) groups excluding carboxylic acids is 1. The summed E-state index contributed by atoms with van der Waals surface area (Å²) in [6.07, 6.45) is -0.244. The van der Waals surface area contributed by atoms with Crippen LogP contribution in [0.1, 0.15) is 59.2 Å². The Balaban J connectivity index is 1.89. The summed E-state index contributed by atoms with van der Waals surface area (Å²) in [5, 5.41) is 4.03. The summed E-state index contributed by atoms with van der Waals surface area (Å²) in [5.74, 6) is 1.60. The van der Waals surface area contributed by atoms with E-state index in [1.165, 1.54) is 0 Å². The van der Waals surface area contributed by atoms with Crippen molar-refractivity contribution in [3.8, 4) is 0 Å². The van der Waals surface area contributed by atoms with Crippen molar-refractivity contribution >= 4 is 6.09 Å². The molecule has 1 atom stereocenters. The highest BCUT2D eigenvalue weighted by Crippen LogP contribution is 2.17. The summed E-state index contributed by atoms with van der Waals surface area (Å²) in [4.78, 5) is 20.6. The Morgan fingerprint density at radius 1 is 1.39 bits per heavy atom. The number of amides is 1. The van der Waals surface area contributed by atoms with Crippen LogP contribution < -0.4 is 0 Å². The first-order valence-electron chi connectivity index (χ1n) is 8.20. The summed E-state index contributed by atoms with van der Waals surface area (Å²) in [5.41, 5.74) is -0.466. The predicted molar refractivity (Wildman–Crippen MR) is 86.1 cm³/mol. The second-order valence-corrected chi connectivity index (χ2v) is 7.46. The second kappa shape index (κ2) is 6.86. The molecule has 2 rings (SSSR count). The zero-order valence-corrected chi connectivity index (χ0v) is 15.0. The monoisotopic (exact) mass is 324 g/mol. The molecule has 23 heavy (non-hydrogen) atoms. The number of hydrogen-bond donors (Lipinski definition) is 0. The molecule has 0 unspecified atom stereocenters. The van der Waals surface area contributed by atoms with Crippen molar-refractivity contribution in [2.45, 2.75) is 65.6 Å². The van der Waals surface area contributed by atoms with E-state index in [9.17, 15) is 4.79 Å². The fourth-order valence-corrected chi connectivity index (χ4v) is 2.53. The molecule has 1 aromatic rings. The maximum atomic E-state index is 12.2. The van der Waals surface area contributed by atoms with Gasteiger partial charge >= 0.3 is 6.09 Å². The molecule has 0 bridgehead atoms. The topological polar surface area (TPSA) is 71.7 Å². The largest absolute Gasteiger partial charge is 0.444 e. The van der Waals surface area contributed by atoms with E-state index in [1.54, 1.807) is 4.90 Å². The smallest absolute Gasteiger partial charge is 0.410 e. The highest BCUT2D eigenvalue weighted by Gasteiger charge is 2.31. The van der Waals surface area contributed by atoms with Crippen LogP contribution in [0.4, 0.5) is 4.79 Å². The quantitative estimate of drug-likeness (QED) is 0.851. The van der Waals surface area contributed by atoms with E-state index >= 15 is 0 Å². The Morgan fingerprint density at radius 2 is 2.09 bits per heavy atom. The van der Waals surface area contributed by atoms with Gasteiger partial charge in [0.15, 0.2) is 5.82 Å². The maximum absolute atomic E-state index is 12.2. The molecule has 0 aromatic carbocycles. The Labute approximate surface area is 138 Å². The van der Waals surface area contributed by atoms with Gasteiger partial charge in [-0.05, 0) is 27.7 Å². The number of piperazine rings is 1. The van der Waals surface area contributed by atoms with Crippen molar-refractivity contribution in [3.63, 3.8) is 0 Å². The second-order valence-electron chi connectivity index (χ2n) is 7.46. The molecular formula is C16H28N4O3. The summed E-state index contributed by atoms with van der Waals surface area (Å²) in [6, 6.07) is 0.0927. The lowest BCUT2D eigenvalue weighted by Gasteiger charge is -2.39. The molecule has 130 valence electrons. The van der Waals surface area contributed by atoms with Gasteiger partial charge in [0.1, 0.15) is 5.60 Å². The predicted octanol–water partition coefficient (Wildman–Crippen LogP) is 2.63. The van der Waals surface area contributed by atoms with E-state index in [0.717, 1.165) is 13.1 Å². The fourth-order valence-electron chi connectivity index (χ4n) is 2.53. The molecule has 1 aliphatic rings. The van der Waals surface area contributed by atoms with Crippen LogP contribution >= 0.6 is 0 Å². The molecule has 1 aromatic heterocycles. The van der Waals surface area contributed by atoms with E-state index in [4.69, 9.17) is 9.26 Å². The normalized spacial score (nSPS) is 20.1. The van der Waals surface area contributed by atoms with Crippen LogP contribution in [0.25, 0.3) is 0 Å². The van der Waals surface area contributed by atoms with Gasteiger partial charge in [0.2, 0.25) is 5.89 Å². The molecule has 0 spiro atoms. The lowest BCUT2D eigenvalue weighted by molar-refractivity contribution is 0.000225. The average Bonchev–Trinajstić information content (AvgIpc) is 2.85. The molecular weight excluding hydrogens is 296 g/mol. The van der Waals surface area contributed by atoms with Gasteiger partial charge in [-0.25, -0.2) is 4.79 Å². The first kappa shape index (κ1) is 17.7. The molecule has 1 amide bonds. The number of rotatable bonds is 3. The number of hydrogen-bond acceptors (Lipinski definition) is 6. The van der Waals surface area contributed by atoms with Crippen LogP contribution in [-0.4, -0.2) is 57.3 Å². The summed E-state index contributed by atoms with van der Waals surface area (Å²) in [7, 11) is 0. The van der Waals surface area contributed by atoms with E-state index in [1.807, 2.05) is 41.5 Å². The molecule has 1 saturated heterocycles. The zero-order valence-electron chi connectivity index (χ0n) is 15.0. The number of carbonyl (C=O) groups is 1. The van der Waals surface area contributed by atoms with Gasteiger partial charge in [0, 0.05) is 31.6 Å². The molecule has 7 nitrogen and oxygen atoms in total. The van der Waals surface area contributed by atoms with Gasteiger partial charge in [0.05, 0.1) is 6.54 Å². The molecule has 0 radical (unpaired) electrons. The first-order chi connectivity index (χ1) is 10.7. The molecule has 0 aliphatic carbocycles. The Morgan fingerprint density at radius 3 is 2.61 bits per heavy atom. The number of aromatic nitrogens is 2. The molecule has 0 N–H and O–H groups in total. The van der Waals surface area contributed by atoms with Crippen molar-refractivity contribution in [2.24, 2.45) is 0 Å². The van der Waals surface area contributed by atoms with Gasteiger partial charge in [-0.15, -0.1) is 0 Å². The first-order valence-corrected chi connectivity index (χ1v) is 8.20. The highest BCUT2D eigenvalue weighted by atomic mass is 16.6. The fraction of sp³-hybridized carbons (Fsp3) is 0.812. The van der Waals surface area contributed by atoms with Crippen LogP contribution in [0.15, 0.2) is 4.52 Å². The summed E-state index contributed by atoms with van der Waals surface area (Å²) < 4.78 is 10.7. The number of nitrogens with zero attached hydrogens (tertiary/aromatic N) is 4. The summed E-state index contributed by atoms with van der Waals surface area (Å²) in [6.45, 7) is 14.6. The van der Waals surface area contributed by atoms with Crippen LogP contribution in [-0.2, 0) is 11.3 Å². The molecule has 0 saturated carbocycles. The Bertz CT molecular complexity index is 536. The van der Waals surface area contributed by atoms with Crippen molar-refractivity contribution in [2.75, 3.05) is 19.6 Å². The lowest BCUT2D eigenvalue weighted by atomic mass is 10.2. The average molecular weight is 324 g/mol. The van der Waals surface area contributed by atoms with Crippen LogP contribution in [0, 0.1) is 0 Å². The molecule has 1 aliphatic heterocycles. The van der Waals surface area contributed by atoms with Crippen molar-refractivity contribution < 1.29 is 14.1 Å². The molecule has 2 heterocycles. The van der Waals surface area contributed by atoms with E-state index in [2.05, 4.69) is 15.0 Å². The maximum Gasteiger partial charge on any atom is 0.410 e. The van der Waals surface area contributed by atoms with E-state index < -0.39 is 5.60 Å². The third kappa shape index (κ3) is 4.92. The van der Waals surface area contributed by atoms with Gasteiger partial charge in [-0.1, -0.05) is 19.0 Å². The Hall–Kier alpha value is -1.63. The molecule has 1 fully saturated rings. The lowest BCUT2D eigenvalue weighted by Crippen LogP contribution is -2.54. The van der Waals surface area contributed by atoms with Crippen LogP contribution in [0.5, 0.6) is 0 Å². The minimum Gasteiger partial charge on any atom is -0.444 e. The molecule has 7 heteroatoms. The minimum absolute atomic E-state index is 0.0927. The van der Waals surface area contributed by atoms with Crippen molar-refractivity contribution in [1.82, 2.24) is 19.9 Å². The van der Waals surface area contributed by atoms with E-state index in [0.29, 0.717) is 24.8 Å². The third-order valence-electron chi connectivity index (χ3n) is 3.68. The van der Waals surface area contributed by atoms with Gasteiger partial charge < -0.3 is 14.2 Å². The van der Waals surface area contributed by atoms with Crippen molar-refractivity contribution in [1.29, 1.82) is 0 Å². The van der Waals surface area contributed by atoms with Gasteiger partial charge in [0.25, 0.3) is 0 Å². The highest BCUT2D eigenvalue weighted by molar-refractivity contribution is 5.68. The minimum atomic E-state index is -0.466. The van der Waals surface area contributed by atoms with Crippen LogP contribution in [0.2, 0.25) is 0 Å². The SMILES string of the molecule is CC(C)c1nc(CN2CCN(C(=O)OC(C)(C)C)[C@H](C)C2)no1. The Kier molecular flexibility index (Phi) is 5.29. The number of ether oxygens (including phenoxy) is 1. The van der Waals surface area contributed by atoms with E-state index in [-0.39, 0.29) is 18.1 Å². The van der Waals surface area contributed by atoms with Gasteiger partial charge in [-0.2, -0.15) is 4.98 Å². The standard InChI is InChI=1S/C16H28N4O3/c1-11(2)14-17-13(18-23-14)10-19-7-8-20(12(3)9-19)15(21)22-16(4,5)6/h11-12H,7-10H2,1-6H3/t12-/m1/s1. The van der Waals surface area contributed by atoms with Crippen molar-refractivity contribution in [3.05, 3.63) is 11.7 Å². The zero-order chi connectivity index (χ0) is 17.2. The third-order valence-corrected chi connectivity index (χ3v) is 3.68.